The molecular weight excluding hydrogens is 412 g/mol. The number of aliphatic hydroxyl groups excluding tert-OH is 1. The Labute approximate surface area is 186 Å². The molecule has 0 radical (unpaired) electrons. The molecule has 1 saturated heterocycles. The van der Waals surface area contributed by atoms with Crippen molar-refractivity contribution >= 4 is 27.3 Å². The van der Waals surface area contributed by atoms with E-state index < -0.39 is 0 Å². The van der Waals surface area contributed by atoms with Gasteiger partial charge in [0.15, 0.2) is 0 Å². The monoisotopic (exact) mass is 442 g/mol. The number of carbonyl (C=O) groups excluding carboxylic acids is 1. The molecule has 0 spiro atoms. The third-order valence-electron chi connectivity index (χ3n) is 5.57. The van der Waals surface area contributed by atoms with Crippen molar-refractivity contribution in [1.29, 1.82) is 0 Å². The van der Waals surface area contributed by atoms with Gasteiger partial charge in [0.25, 0.3) is 5.91 Å². The first-order valence-electron chi connectivity index (χ1n) is 10.7. The van der Waals surface area contributed by atoms with Crippen LogP contribution in [-0.4, -0.2) is 59.0 Å². The minimum Gasteiger partial charge on any atom is -0.395 e. The Morgan fingerprint density at radius 2 is 2.19 bits per heavy atom. The molecule has 4 rings (SSSR count). The van der Waals surface area contributed by atoms with Crippen molar-refractivity contribution in [1.82, 2.24) is 20.4 Å². The number of rotatable bonds is 6. The number of morpholine rings is 1. The van der Waals surface area contributed by atoms with Gasteiger partial charge in [-0.25, -0.2) is 0 Å². The molecule has 1 aliphatic heterocycles. The van der Waals surface area contributed by atoms with Crippen LogP contribution in [0.25, 0.3) is 10.1 Å². The van der Waals surface area contributed by atoms with E-state index >= 15 is 0 Å². The number of aliphatic hydroxyl groups is 1. The van der Waals surface area contributed by atoms with Gasteiger partial charge in [-0.2, -0.15) is 5.10 Å². The van der Waals surface area contributed by atoms with Crippen LogP contribution in [0.4, 0.5) is 0 Å². The molecule has 0 saturated carbocycles. The van der Waals surface area contributed by atoms with Crippen molar-refractivity contribution < 1.29 is 14.6 Å². The average molecular weight is 443 g/mol. The normalized spacial score (nSPS) is 17.9. The molecule has 8 heteroatoms. The molecule has 166 valence electrons. The number of ether oxygens (including phenoxy) is 1. The molecule has 1 amide bonds. The fourth-order valence-electron chi connectivity index (χ4n) is 4.15. The van der Waals surface area contributed by atoms with Crippen molar-refractivity contribution in [3.63, 3.8) is 0 Å². The fourth-order valence-corrected chi connectivity index (χ4v) is 5.32. The number of fused-ring (bicyclic) bond motifs is 1. The number of aromatic nitrogens is 2. The van der Waals surface area contributed by atoms with E-state index in [9.17, 15) is 4.79 Å². The summed E-state index contributed by atoms with van der Waals surface area (Å²) in [5.41, 5.74) is 3.30. The van der Waals surface area contributed by atoms with Crippen LogP contribution in [0.5, 0.6) is 0 Å². The van der Waals surface area contributed by atoms with Crippen molar-refractivity contribution in [3.05, 3.63) is 52.2 Å². The molecule has 0 bridgehead atoms. The van der Waals surface area contributed by atoms with Gasteiger partial charge in [0, 0.05) is 53.1 Å². The maximum absolute atomic E-state index is 12.8. The molecule has 2 aromatic heterocycles. The lowest BCUT2D eigenvalue weighted by Gasteiger charge is -2.34. The van der Waals surface area contributed by atoms with E-state index in [2.05, 4.69) is 47.3 Å². The Balaban J connectivity index is 1.61. The second kappa shape index (κ2) is 9.08. The van der Waals surface area contributed by atoms with Gasteiger partial charge < -0.3 is 15.2 Å². The van der Waals surface area contributed by atoms with Gasteiger partial charge in [-0.1, -0.05) is 39.0 Å². The van der Waals surface area contributed by atoms with E-state index in [0.29, 0.717) is 18.0 Å². The van der Waals surface area contributed by atoms with Gasteiger partial charge >= 0.3 is 0 Å². The SMILES string of the molecule is CC(C)(C)c1[nH]ncc1CN1CCO[C@@H](c2c(C(=O)NCCO)sc3ccccc23)C1. The second-order valence-electron chi connectivity index (χ2n) is 8.94. The summed E-state index contributed by atoms with van der Waals surface area (Å²) in [5.74, 6) is -0.157. The van der Waals surface area contributed by atoms with Crippen LogP contribution in [0.3, 0.4) is 0 Å². The molecule has 1 aromatic carbocycles. The van der Waals surface area contributed by atoms with Crippen molar-refractivity contribution in [2.24, 2.45) is 0 Å². The lowest BCUT2D eigenvalue weighted by Crippen LogP contribution is -2.39. The Bertz CT molecular complexity index is 1050. The van der Waals surface area contributed by atoms with Gasteiger partial charge in [0.05, 0.1) is 30.4 Å². The number of H-pyrrole nitrogens is 1. The second-order valence-corrected chi connectivity index (χ2v) is 9.99. The van der Waals surface area contributed by atoms with E-state index in [0.717, 1.165) is 34.4 Å². The lowest BCUT2D eigenvalue weighted by molar-refractivity contribution is -0.0324. The first-order chi connectivity index (χ1) is 14.9. The number of nitrogens with one attached hydrogen (secondary N) is 2. The van der Waals surface area contributed by atoms with Gasteiger partial charge in [-0.15, -0.1) is 11.3 Å². The Hall–Kier alpha value is -2.26. The summed E-state index contributed by atoms with van der Waals surface area (Å²) in [6.45, 7) is 9.63. The van der Waals surface area contributed by atoms with E-state index in [1.54, 1.807) is 0 Å². The highest BCUT2D eigenvalue weighted by molar-refractivity contribution is 7.21. The molecular formula is C23H30N4O3S. The zero-order valence-corrected chi connectivity index (χ0v) is 19.1. The van der Waals surface area contributed by atoms with Crippen molar-refractivity contribution in [2.45, 2.75) is 38.8 Å². The highest BCUT2D eigenvalue weighted by Gasteiger charge is 2.30. The quantitative estimate of drug-likeness (QED) is 0.545. The predicted octanol–water partition coefficient (Wildman–Crippen LogP) is 3.22. The lowest BCUT2D eigenvalue weighted by atomic mass is 9.89. The number of nitrogens with zero attached hydrogens (tertiary/aromatic N) is 2. The summed E-state index contributed by atoms with van der Waals surface area (Å²) in [6, 6.07) is 8.07. The number of hydrogen-bond acceptors (Lipinski definition) is 6. The largest absolute Gasteiger partial charge is 0.395 e. The Morgan fingerprint density at radius 1 is 1.39 bits per heavy atom. The molecule has 7 nitrogen and oxygen atoms in total. The summed E-state index contributed by atoms with van der Waals surface area (Å²) < 4.78 is 7.25. The molecule has 1 aliphatic rings. The first kappa shape index (κ1) is 22.0. The van der Waals surface area contributed by atoms with Crippen molar-refractivity contribution in [3.8, 4) is 0 Å². The molecule has 31 heavy (non-hydrogen) atoms. The minimum absolute atomic E-state index is 0.000946. The van der Waals surface area contributed by atoms with Crippen LogP contribution < -0.4 is 5.32 Å². The maximum atomic E-state index is 12.8. The number of aromatic amines is 1. The highest BCUT2D eigenvalue weighted by atomic mass is 32.1. The van der Waals surface area contributed by atoms with Crippen LogP contribution >= 0.6 is 11.3 Å². The molecule has 3 aromatic rings. The molecule has 3 N–H and O–H groups in total. The number of thiophene rings is 1. The van der Waals surface area contributed by atoms with Crippen LogP contribution in [-0.2, 0) is 16.7 Å². The number of carbonyl (C=O) groups is 1. The van der Waals surface area contributed by atoms with E-state index in [1.165, 1.54) is 16.9 Å². The summed E-state index contributed by atoms with van der Waals surface area (Å²) in [6.07, 6.45) is 1.73. The van der Waals surface area contributed by atoms with Crippen molar-refractivity contribution in [2.75, 3.05) is 32.8 Å². The summed E-state index contributed by atoms with van der Waals surface area (Å²) >= 11 is 1.48. The van der Waals surface area contributed by atoms with Crippen LogP contribution in [0.2, 0.25) is 0 Å². The third-order valence-corrected chi connectivity index (χ3v) is 6.76. The Morgan fingerprint density at radius 3 is 2.97 bits per heavy atom. The molecule has 0 unspecified atom stereocenters. The zero-order valence-electron chi connectivity index (χ0n) is 18.3. The van der Waals surface area contributed by atoms with E-state index in [1.807, 2.05) is 24.4 Å². The Kier molecular flexibility index (Phi) is 6.43. The van der Waals surface area contributed by atoms with Gasteiger partial charge in [0.1, 0.15) is 0 Å². The van der Waals surface area contributed by atoms with Crippen LogP contribution in [0, 0.1) is 0 Å². The van der Waals surface area contributed by atoms with Gasteiger partial charge in [-0.05, 0) is 11.5 Å². The topological polar surface area (TPSA) is 90.5 Å². The van der Waals surface area contributed by atoms with Crippen LogP contribution in [0.1, 0.15) is 53.4 Å². The van der Waals surface area contributed by atoms with E-state index in [4.69, 9.17) is 9.84 Å². The summed E-state index contributed by atoms with van der Waals surface area (Å²) in [4.78, 5) is 15.9. The molecule has 0 aliphatic carbocycles. The summed E-state index contributed by atoms with van der Waals surface area (Å²) in [5, 5.41) is 20.4. The van der Waals surface area contributed by atoms with E-state index in [-0.39, 0.29) is 30.6 Å². The van der Waals surface area contributed by atoms with Gasteiger partial charge in [0.2, 0.25) is 0 Å². The smallest absolute Gasteiger partial charge is 0.261 e. The van der Waals surface area contributed by atoms with Crippen LogP contribution in [0.15, 0.2) is 30.5 Å². The standard InChI is InChI=1S/C23H30N4O3S/c1-23(2,3)21-15(12-25-26-21)13-27-9-11-30-17(14-27)19-16-6-4-5-7-18(16)31-20(19)22(29)24-8-10-28/h4-7,12,17,28H,8-11,13-14H2,1-3H3,(H,24,29)(H,25,26)/t17-/m1/s1. The molecule has 1 atom stereocenters. The summed E-state index contributed by atoms with van der Waals surface area (Å²) in [7, 11) is 0. The number of amides is 1. The predicted molar refractivity (Wildman–Crippen MR) is 123 cm³/mol. The van der Waals surface area contributed by atoms with Gasteiger partial charge in [-0.3, -0.25) is 14.8 Å². The fraction of sp³-hybridized carbons (Fsp3) is 0.478. The minimum atomic E-state index is -0.190. The zero-order chi connectivity index (χ0) is 22.0. The molecule has 3 heterocycles. The number of hydrogen-bond donors (Lipinski definition) is 3. The maximum Gasteiger partial charge on any atom is 0.261 e. The third kappa shape index (κ3) is 4.67. The molecule has 1 fully saturated rings. The number of benzene rings is 1. The first-order valence-corrected chi connectivity index (χ1v) is 11.5. The highest BCUT2D eigenvalue weighted by Crippen LogP contribution is 2.38. The average Bonchev–Trinajstić information content (AvgIpc) is 3.36.